The molecule has 0 radical (unpaired) electrons. The van der Waals surface area contributed by atoms with Gasteiger partial charge in [0.15, 0.2) is 12.3 Å². The topological polar surface area (TPSA) is 469 Å². The third-order valence-corrected chi connectivity index (χ3v) is 13.9. The molecule has 0 unspecified atom stereocenters. The van der Waals surface area contributed by atoms with Crippen molar-refractivity contribution in [2.24, 2.45) is 29.0 Å². The summed E-state index contributed by atoms with van der Waals surface area (Å²) in [5.41, 5.74) is 17.2. The number of carbonyl (C=O) groups excluding carboxylic acids is 11. The number of amides is 10. The number of nitrogens with two attached hydrogens (primary N) is 3. The number of primary amides is 2. The van der Waals surface area contributed by atoms with Crippen LogP contribution < -0.4 is 43.8 Å². The first-order valence-corrected chi connectivity index (χ1v) is 27.4. The van der Waals surface area contributed by atoms with Crippen LogP contribution in [-0.4, -0.2) is 200 Å². The van der Waals surface area contributed by atoms with Gasteiger partial charge in [0, 0.05) is 26.9 Å². The minimum absolute atomic E-state index is 0.154. The van der Waals surface area contributed by atoms with E-state index < -0.39 is 182 Å². The molecule has 2 fully saturated rings. The van der Waals surface area contributed by atoms with Gasteiger partial charge in [-0.15, -0.1) is 0 Å². The fraction of sp³-hybridized carbons (Fsp3) is 0.642. The van der Waals surface area contributed by atoms with Gasteiger partial charge in [-0.2, -0.15) is 0 Å². The second kappa shape index (κ2) is 33.9. The van der Waals surface area contributed by atoms with Crippen molar-refractivity contribution < 1.29 is 92.3 Å². The number of hydroxylamine groups is 2. The van der Waals surface area contributed by atoms with Gasteiger partial charge >= 0.3 is 17.9 Å². The number of aliphatic carboxylic acids is 2. The molecule has 30 nitrogen and oxygen atoms in total. The van der Waals surface area contributed by atoms with Crippen LogP contribution in [0.4, 0.5) is 0 Å². The summed E-state index contributed by atoms with van der Waals surface area (Å²) in [5, 5.41) is 52.8. The second-order valence-electron chi connectivity index (χ2n) is 21.2. The molecule has 1 aromatic rings. The van der Waals surface area contributed by atoms with E-state index in [0.29, 0.717) is 34.3 Å². The van der Waals surface area contributed by atoms with Crippen molar-refractivity contribution in [3.05, 3.63) is 35.9 Å². The maximum Gasteiger partial charge on any atom is 0.329 e. The summed E-state index contributed by atoms with van der Waals surface area (Å²) in [6.45, 7) is 3.16. The monoisotopic (exact) mass is 1180 g/mol. The normalized spacial score (nSPS) is 24.5. The number of esters is 1. The number of rotatable bonds is 25. The van der Waals surface area contributed by atoms with Crippen molar-refractivity contribution in [2.75, 3.05) is 27.3 Å². The number of likely N-dealkylation sites (N-methyl/N-ethyl adjacent to an activating group) is 2. The molecule has 30 heteroatoms. The molecule has 0 bridgehead atoms. The average molecular weight is 1180 g/mol. The molecule has 2 saturated heterocycles. The number of cyclic esters (lactones) is 1. The number of hydrogen-bond acceptors (Lipinski definition) is 18. The third-order valence-electron chi connectivity index (χ3n) is 13.9. The molecule has 0 saturated carbocycles. The Labute approximate surface area is 479 Å². The molecular formula is C53H81N11O19. The average Bonchev–Trinajstić information content (AvgIpc) is 3.61. The summed E-state index contributed by atoms with van der Waals surface area (Å²) in [6, 6.07) is -8.20. The Balaban J connectivity index is 2.19. The largest absolute Gasteiger partial charge is 0.481 e. The first-order valence-electron chi connectivity index (χ1n) is 27.4. The summed E-state index contributed by atoms with van der Waals surface area (Å²) in [7, 11) is 2.03. The Hall–Kier alpha value is -7.83. The molecule has 462 valence electrons. The van der Waals surface area contributed by atoms with Gasteiger partial charge in [0.1, 0.15) is 48.9 Å². The van der Waals surface area contributed by atoms with Crippen molar-refractivity contribution in [1.29, 1.82) is 0 Å². The number of benzene rings is 1. The highest BCUT2D eigenvalue weighted by Gasteiger charge is 2.51. The number of carboxylic acid groups (broad SMARTS) is 2. The van der Waals surface area contributed by atoms with E-state index in [1.165, 1.54) is 19.1 Å². The Morgan fingerprint density at radius 2 is 1.25 bits per heavy atom. The van der Waals surface area contributed by atoms with Crippen LogP contribution >= 0.6 is 0 Å². The lowest BCUT2D eigenvalue weighted by Gasteiger charge is -2.44. The van der Waals surface area contributed by atoms with Crippen LogP contribution in [0.5, 0.6) is 0 Å². The van der Waals surface area contributed by atoms with Gasteiger partial charge in [0.05, 0.1) is 38.4 Å². The third kappa shape index (κ3) is 22.1. The molecule has 10 amide bonds. The lowest BCUT2D eigenvalue weighted by Crippen LogP contribution is -2.73. The van der Waals surface area contributed by atoms with Crippen LogP contribution in [0.1, 0.15) is 116 Å². The van der Waals surface area contributed by atoms with E-state index in [1.807, 2.05) is 0 Å². The molecule has 15 N–H and O–H groups in total. The zero-order valence-electron chi connectivity index (χ0n) is 47.3. The smallest absolute Gasteiger partial charge is 0.329 e. The van der Waals surface area contributed by atoms with Gasteiger partial charge in [-0.1, -0.05) is 102 Å². The van der Waals surface area contributed by atoms with Gasteiger partial charge < -0.3 is 78.7 Å². The molecule has 1 aromatic carbocycles. The molecule has 3 rings (SSSR count). The lowest BCUT2D eigenvalue weighted by molar-refractivity contribution is -0.307. The molecular weight excluding hydrogens is 1090 g/mol. The summed E-state index contributed by atoms with van der Waals surface area (Å²) in [4.78, 5) is 183. The zero-order chi connectivity index (χ0) is 62.2. The highest BCUT2D eigenvalue weighted by atomic mass is 16.7. The van der Waals surface area contributed by atoms with Crippen molar-refractivity contribution in [3.63, 3.8) is 0 Å². The van der Waals surface area contributed by atoms with E-state index in [4.69, 9.17) is 26.8 Å². The van der Waals surface area contributed by atoms with Gasteiger partial charge in [-0.25, -0.2) is 14.7 Å². The Kier molecular flexibility index (Phi) is 28.4. The molecule has 2 aliphatic rings. The van der Waals surface area contributed by atoms with E-state index >= 15 is 0 Å². The molecule has 11 atom stereocenters. The van der Waals surface area contributed by atoms with Crippen LogP contribution in [0.15, 0.2) is 30.3 Å². The number of carbonyl (C=O) groups is 13. The number of nitrogens with zero attached hydrogens (tertiary/aromatic N) is 3. The second-order valence-corrected chi connectivity index (χ2v) is 21.2. The maximum atomic E-state index is 14.8. The zero-order valence-corrected chi connectivity index (χ0v) is 47.3. The van der Waals surface area contributed by atoms with Crippen LogP contribution in [0, 0.1) is 11.8 Å². The van der Waals surface area contributed by atoms with E-state index in [0.717, 1.165) is 63.9 Å². The Morgan fingerprint density at radius 3 is 1.81 bits per heavy atom. The Bertz CT molecular complexity index is 2470. The predicted molar refractivity (Wildman–Crippen MR) is 289 cm³/mol. The van der Waals surface area contributed by atoms with Crippen LogP contribution in [0.25, 0.3) is 0 Å². The molecule has 2 aliphatic heterocycles. The summed E-state index contributed by atoms with van der Waals surface area (Å²) < 4.78 is 5.43. The van der Waals surface area contributed by atoms with Gasteiger partial charge in [-0.3, -0.25) is 57.5 Å². The van der Waals surface area contributed by atoms with Crippen molar-refractivity contribution >= 4 is 77.0 Å². The lowest BCUT2D eigenvalue weighted by atomic mass is 9.97. The summed E-state index contributed by atoms with van der Waals surface area (Å²) in [5.74, 6) is -17.9. The number of carboxylic acids is 2. The Morgan fingerprint density at radius 1 is 0.675 bits per heavy atom. The standard InChI is InChI=1S/C53H81N11O19/c1-28(2)17-13-10-8-6-7-9-11-16-20-39(69)57-33-27-82-53(81)42(29(3)21-40(70)71)60-48(76)43(36(66)25-38(55)68)61-47(75)34(24-37(54)67)62(4)52(80)35(22-30-18-14-12-15-19-30)63(5)50(78)31(23-41(72)73)58-49(77)44-45(56)83-64(44)51(79)32(26-65)59-46(33)74/h12,14-15,18-19,28-29,31-36,42-45,65-66H,6-11,13,16-17,20-27,56H2,1-5H3,(H2,54,67)(H2,55,68)(H,57,69)(H,58,77)(H,59,74)(H,60,76)(H,61,75)(H,70,71)(H,72,73)/t29-,31+,32+,33+,34+,35+,36-,42+,43+,44+,45+/m1/s1. The fourth-order valence-corrected chi connectivity index (χ4v) is 9.21. The summed E-state index contributed by atoms with van der Waals surface area (Å²) in [6.07, 6.45) is -0.478. The molecule has 0 aromatic heterocycles. The minimum Gasteiger partial charge on any atom is -0.481 e. The van der Waals surface area contributed by atoms with Crippen LogP contribution in [0.3, 0.4) is 0 Å². The number of aliphatic hydroxyl groups is 2. The molecule has 83 heavy (non-hydrogen) atoms. The van der Waals surface area contributed by atoms with E-state index in [2.05, 4.69) is 40.4 Å². The number of nitrogens with one attached hydrogen (secondary N) is 5. The first-order chi connectivity index (χ1) is 39.1. The number of ether oxygens (including phenoxy) is 1. The first kappa shape index (κ1) is 69.4. The molecule has 0 aliphatic carbocycles. The van der Waals surface area contributed by atoms with Crippen LogP contribution in [-0.2, 0) is 78.3 Å². The number of hydrogen-bond donors (Lipinski definition) is 12. The quantitative estimate of drug-likeness (QED) is 0.0334. The van der Waals surface area contributed by atoms with E-state index in [-0.39, 0.29) is 12.8 Å². The number of unbranched alkanes of at least 4 members (excludes halogenated alkanes) is 7. The molecule has 2 heterocycles. The van der Waals surface area contributed by atoms with E-state index in [9.17, 15) is 82.8 Å². The van der Waals surface area contributed by atoms with Gasteiger partial charge in [0.2, 0.25) is 53.2 Å². The SMILES string of the molecule is CC(C)CCCCCCCCCCC(=O)N[C@H]1COC(=O)[C@H]([C@H](C)CC(=O)O)NC(=O)[C@H]([C@H](O)CC(N)=O)NC(=O)[C@H](CC(N)=O)N(C)C(=O)[C@H](Cc2ccccc2)N(C)C(=O)[C@H](CC(=O)O)NC(=O)[C@@H]2[C@@H](N)ON2C(=O)[C@H](CO)NC1=O. The fourth-order valence-electron chi connectivity index (χ4n) is 9.21. The maximum absolute atomic E-state index is 14.8. The highest BCUT2D eigenvalue weighted by Crippen LogP contribution is 2.23. The molecule has 0 spiro atoms. The number of fused-ring (bicyclic) bond motifs is 1. The van der Waals surface area contributed by atoms with Crippen molar-refractivity contribution in [2.45, 2.75) is 178 Å². The highest BCUT2D eigenvalue weighted by molar-refractivity contribution is 6.00. The predicted octanol–water partition coefficient (Wildman–Crippen LogP) is -3.46. The van der Waals surface area contributed by atoms with Crippen molar-refractivity contribution in [3.8, 4) is 0 Å². The number of aliphatic hydroxyl groups excluding tert-OH is 2. The van der Waals surface area contributed by atoms with Crippen LogP contribution in [0.2, 0.25) is 0 Å². The van der Waals surface area contributed by atoms with Crippen molar-refractivity contribution in [1.82, 2.24) is 41.4 Å². The minimum atomic E-state index is -2.33. The van der Waals surface area contributed by atoms with Gasteiger partial charge in [-0.05, 0) is 23.8 Å². The summed E-state index contributed by atoms with van der Waals surface area (Å²) >= 11 is 0. The van der Waals surface area contributed by atoms with Gasteiger partial charge in [0.25, 0.3) is 5.91 Å². The van der Waals surface area contributed by atoms with E-state index in [1.54, 1.807) is 18.2 Å².